The largest absolute Gasteiger partial charge is 0.351 e. The lowest BCUT2D eigenvalue weighted by Gasteiger charge is -2.11. The molecule has 0 radical (unpaired) electrons. The van der Waals surface area contributed by atoms with Crippen molar-refractivity contribution in [2.75, 3.05) is 6.54 Å². The number of amides is 1. The normalized spacial score (nSPS) is 11.2. The zero-order valence-corrected chi connectivity index (χ0v) is 16.7. The van der Waals surface area contributed by atoms with Gasteiger partial charge in [-0.3, -0.25) is 14.0 Å². The third-order valence-corrected chi connectivity index (χ3v) is 5.12. The second-order valence-corrected chi connectivity index (χ2v) is 7.25. The predicted molar refractivity (Wildman–Crippen MR) is 114 cm³/mol. The number of carbonyl (C=O) groups is 1. The number of benzene rings is 1. The van der Waals surface area contributed by atoms with E-state index in [0.29, 0.717) is 35.5 Å². The van der Waals surface area contributed by atoms with Crippen LogP contribution in [-0.4, -0.2) is 26.4 Å². The van der Waals surface area contributed by atoms with E-state index in [9.17, 15) is 9.59 Å². The number of nitrogens with one attached hydrogen (secondary N) is 1. The van der Waals surface area contributed by atoms with Crippen LogP contribution < -0.4 is 10.9 Å². The van der Waals surface area contributed by atoms with Gasteiger partial charge in [0.15, 0.2) is 0 Å². The first-order valence-corrected chi connectivity index (χ1v) is 9.93. The Labute approximate surface area is 168 Å². The monoisotopic (exact) mass is 388 g/mol. The van der Waals surface area contributed by atoms with E-state index in [1.54, 1.807) is 16.7 Å². The highest BCUT2D eigenvalue weighted by Crippen LogP contribution is 2.19. The molecule has 0 fully saturated rings. The molecule has 0 aliphatic carbocycles. The lowest BCUT2D eigenvalue weighted by molar-refractivity contribution is 0.0944. The Morgan fingerprint density at radius 2 is 1.90 bits per heavy atom. The van der Waals surface area contributed by atoms with Gasteiger partial charge in [0.25, 0.3) is 11.5 Å². The topological polar surface area (TPSA) is 68.4 Å². The van der Waals surface area contributed by atoms with Crippen LogP contribution in [-0.2, 0) is 6.54 Å². The van der Waals surface area contributed by atoms with Gasteiger partial charge in [0.1, 0.15) is 17.0 Å². The molecule has 0 spiro atoms. The SMILES string of the molecule is CCCCNC(=O)c1cc2c(=O)n3cccc(C)c3nc2n1Cc1ccccc1. The molecule has 0 bridgehead atoms. The Hall–Kier alpha value is -3.41. The van der Waals surface area contributed by atoms with Gasteiger partial charge in [-0.15, -0.1) is 0 Å². The van der Waals surface area contributed by atoms with Crippen molar-refractivity contribution in [3.63, 3.8) is 0 Å². The summed E-state index contributed by atoms with van der Waals surface area (Å²) in [5.74, 6) is -0.183. The van der Waals surface area contributed by atoms with E-state index in [4.69, 9.17) is 4.98 Å². The van der Waals surface area contributed by atoms with Crippen molar-refractivity contribution in [1.29, 1.82) is 0 Å². The fourth-order valence-electron chi connectivity index (χ4n) is 3.54. The van der Waals surface area contributed by atoms with Crippen LogP contribution in [0.25, 0.3) is 16.7 Å². The Balaban J connectivity index is 1.92. The predicted octanol–water partition coefficient (Wildman–Crippen LogP) is 3.54. The molecule has 1 amide bonds. The first kappa shape index (κ1) is 18.9. The van der Waals surface area contributed by atoms with E-state index in [0.717, 1.165) is 24.0 Å². The lowest BCUT2D eigenvalue weighted by atomic mass is 10.2. The number of hydrogen-bond acceptors (Lipinski definition) is 3. The van der Waals surface area contributed by atoms with Gasteiger partial charge in [-0.05, 0) is 36.6 Å². The Kier molecular flexibility index (Phi) is 5.16. The molecule has 0 saturated heterocycles. The summed E-state index contributed by atoms with van der Waals surface area (Å²) in [5, 5.41) is 3.41. The second kappa shape index (κ2) is 7.91. The van der Waals surface area contributed by atoms with Gasteiger partial charge in [0.2, 0.25) is 0 Å². The summed E-state index contributed by atoms with van der Waals surface area (Å²) in [6.45, 7) is 5.08. The van der Waals surface area contributed by atoms with Crippen molar-refractivity contribution >= 4 is 22.6 Å². The molecule has 4 rings (SSSR count). The first-order valence-electron chi connectivity index (χ1n) is 9.93. The van der Waals surface area contributed by atoms with Crippen LogP contribution in [0.15, 0.2) is 59.5 Å². The fourth-order valence-corrected chi connectivity index (χ4v) is 3.54. The molecule has 148 valence electrons. The summed E-state index contributed by atoms with van der Waals surface area (Å²) in [4.78, 5) is 30.8. The number of hydrogen-bond donors (Lipinski definition) is 1. The summed E-state index contributed by atoms with van der Waals surface area (Å²) in [6, 6.07) is 15.3. The lowest BCUT2D eigenvalue weighted by Crippen LogP contribution is -2.27. The molecule has 6 heteroatoms. The quantitative estimate of drug-likeness (QED) is 0.514. The Morgan fingerprint density at radius 1 is 1.10 bits per heavy atom. The molecule has 6 nitrogen and oxygen atoms in total. The molecule has 0 unspecified atom stereocenters. The molecular formula is C23H24N4O2. The number of unbranched alkanes of at least 4 members (excludes halogenated alkanes) is 1. The summed E-state index contributed by atoms with van der Waals surface area (Å²) in [7, 11) is 0. The standard InChI is InChI=1S/C23H24N4O2/c1-3-4-12-24-22(28)19-14-18-21(27(19)15-17-10-6-5-7-11-17)25-20-16(2)9-8-13-26(20)23(18)29/h5-11,13-14H,3-4,12,15H2,1-2H3,(H,24,28). The van der Waals surface area contributed by atoms with E-state index >= 15 is 0 Å². The van der Waals surface area contributed by atoms with E-state index in [1.165, 1.54) is 0 Å². The van der Waals surface area contributed by atoms with E-state index < -0.39 is 0 Å². The average Bonchev–Trinajstić information content (AvgIpc) is 3.09. The van der Waals surface area contributed by atoms with Crippen LogP contribution in [0.1, 0.15) is 41.4 Å². The first-order chi connectivity index (χ1) is 14.1. The van der Waals surface area contributed by atoms with Gasteiger partial charge in [0, 0.05) is 19.3 Å². The smallest absolute Gasteiger partial charge is 0.268 e. The molecule has 3 heterocycles. The Bertz CT molecular complexity index is 1240. The number of nitrogens with zero attached hydrogens (tertiary/aromatic N) is 3. The third-order valence-electron chi connectivity index (χ3n) is 5.12. The molecule has 4 aromatic rings. The zero-order chi connectivity index (χ0) is 20.4. The van der Waals surface area contributed by atoms with Crippen LogP contribution in [0.5, 0.6) is 0 Å². The maximum Gasteiger partial charge on any atom is 0.268 e. The van der Waals surface area contributed by atoms with E-state index in [1.807, 2.05) is 54.0 Å². The summed E-state index contributed by atoms with van der Waals surface area (Å²) in [5.41, 5.74) is 3.39. The molecule has 3 aromatic heterocycles. The zero-order valence-electron chi connectivity index (χ0n) is 16.7. The van der Waals surface area contributed by atoms with Gasteiger partial charge in [0.05, 0.1) is 5.39 Å². The van der Waals surface area contributed by atoms with Gasteiger partial charge in [-0.25, -0.2) is 4.98 Å². The van der Waals surface area contributed by atoms with Crippen LogP contribution in [0.4, 0.5) is 0 Å². The van der Waals surface area contributed by atoms with Gasteiger partial charge < -0.3 is 9.88 Å². The van der Waals surface area contributed by atoms with Gasteiger partial charge >= 0.3 is 0 Å². The minimum atomic E-state index is -0.183. The van der Waals surface area contributed by atoms with Gasteiger partial charge in [-0.2, -0.15) is 0 Å². The molecule has 1 N–H and O–H groups in total. The third kappa shape index (κ3) is 3.53. The molecular weight excluding hydrogens is 364 g/mol. The van der Waals surface area contributed by atoms with Crippen molar-refractivity contribution in [2.45, 2.75) is 33.2 Å². The fraction of sp³-hybridized carbons (Fsp3) is 0.261. The molecule has 0 aliphatic rings. The van der Waals surface area contributed by atoms with Crippen molar-refractivity contribution in [2.24, 2.45) is 0 Å². The highest BCUT2D eigenvalue weighted by Gasteiger charge is 2.20. The molecule has 0 saturated carbocycles. The minimum Gasteiger partial charge on any atom is -0.351 e. The summed E-state index contributed by atoms with van der Waals surface area (Å²) >= 11 is 0. The minimum absolute atomic E-state index is 0.164. The number of aryl methyl sites for hydroxylation is 1. The van der Waals surface area contributed by atoms with Crippen LogP contribution >= 0.6 is 0 Å². The maximum absolute atomic E-state index is 13.1. The molecule has 1 aromatic carbocycles. The second-order valence-electron chi connectivity index (χ2n) is 7.25. The van der Waals surface area contributed by atoms with Crippen molar-refractivity contribution < 1.29 is 4.79 Å². The van der Waals surface area contributed by atoms with E-state index in [2.05, 4.69) is 12.2 Å². The number of pyridine rings is 1. The van der Waals surface area contributed by atoms with Crippen molar-refractivity contribution in [3.05, 3.63) is 81.9 Å². The summed E-state index contributed by atoms with van der Waals surface area (Å²) < 4.78 is 3.39. The summed E-state index contributed by atoms with van der Waals surface area (Å²) in [6.07, 6.45) is 3.63. The van der Waals surface area contributed by atoms with Crippen molar-refractivity contribution in [1.82, 2.24) is 19.3 Å². The Morgan fingerprint density at radius 3 is 2.66 bits per heavy atom. The average molecular weight is 388 g/mol. The highest BCUT2D eigenvalue weighted by molar-refractivity contribution is 5.98. The van der Waals surface area contributed by atoms with Crippen LogP contribution in [0, 0.1) is 6.92 Å². The number of carbonyl (C=O) groups excluding carboxylic acids is 1. The van der Waals surface area contributed by atoms with Gasteiger partial charge in [-0.1, -0.05) is 49.7 Å². The van der Waals surface area contributed by atoms with E-state index in [-0.39, 0.29) is 11.5 Å². The van der Waals surface area contributed by atoms with Crippen LogP contribution in [0.2, 0.25) is 0 Å². The van der Waals surface area contributed by atoms with Crippen LogP contribution in [0.3, 0.4) is 0 Å². The number of aromatic nitrogens is 3. The molecule has 0 atom stereocenters. The number of fused-ring (bicyclic) bond motifs is 2. The highest BCUT2D eigenvalue weighted by atomic mass is 16.2. The molecule has 29 heavy (non-hydrogen) atoms. The van der Waals surface area contributed by atoms with Crippen molar-refractivity contribution in [3.8, 4) is 0 Å². The molecule has 0 aliphatic heterocycles. The maximum atomic E-state index is 13.1. The number of rotatable bonds is 6.